The van der Waals surface area contributed by atoms with Gasteiger partial charge in [0.1, 0.15) is 18.1 Å². The Morgan fingerprint density at radius 3 is 2.57 bits per heavy atom. The number of methoxy groups -OCH3 is 1. The van der Waals surface area contributed by atoms with E-state index in [1.54, 1.807) is 43.5 Å². The van der Waals surface area contributed by atoms with E-state index in [0.29, 0.717) is 23.8 Å². The molecular weight excluding hydrogens is 300 g/mol. The smallest absolute Gasteiger partial charge is 0.291 e. The second kappa shape index (κ2) is 8.00. The van der Waals surface area contributed by atoms with Crippen LogP contribution in [-0.2, 0) is 16.1 Å². The fourth-order valence-corrected chi connectivity index (χ4v) is 1.82. The van der Waals surface area contributed by atoms with E-state index in [1.165, 1.54) is 0 Å². The van der Waals surface area contributed by atoms with Crippen LogP contribution in [0.5, 0.6) is 5.75 Å². The van der Waals surface area contributed by atoms with Crippen LogP contribution >= 0.6 is 0 Å². The average molecular weight is 318 g/mol. The zero-order chi connectivity index (χ0) is 16.7. The van der Waals surface area contributed by atoms with Crippen molar-refractivity contribution in [2.75, 3.05) is 19.0 Å². The number of hydrogen-bond acceptors (Lipinski definition) is 5. The lowest BCUT2D eigenvalue weighted by Gasteiger charge is -2.07. The first-order chi connectivity index (χ1) is 11.1. The number of amides is 2. The van der Waals surface area contributed by atoms with Crippen molar-refractivity contribution in [1.29, 1.82) is 0 Å². The minimum Gasteiger partial charge on any atom is -0.493 e. The van der Waals surface area contributed by atoms with Gasteiger partial charge in [0.15, 0.2) is 5.76 Å². The molecule has 7 nitrogen and oxygen atoms in total. The average Bonchev–Trinajstić information content (AvgIpc) is 2.98. The molecule has 23 heavy (non-hydrogen) atoms. The second-order valence-corrected chi connectivity index (χ2v) is 4.74. The fourth-order valence-electron chi connectivity index (χ4n) is 1.82. The number of furan rings is 1. The monoisotopic (exact) mass is 318 g/mol. The molecule has 122 valence electrons. The molecule has 0 spiro atoms. The van der Waals surface area contributed by atoms with Crippen molar-refractivity contribution >= 4 is 17.5 Å². The maximum Gasteiger partial charge on any atom is 0.291 e. The number of nitrogens with one attached hydrogen (secondary N) is 1. The molecule has 1 aromatic heterocycles. The molecule has 2 rings (SSSR count). The summed E-state index contributed by atoms with van der Waals surface area (Å²) in [5.41, 5.74) is 5.63. The minimum atomic E-state index is -0.417. The summed E-state index contributed by atoms with van der Waals surface area (Å²) in [6.07, 6.45) is 0.154. The molecule has 0 saturated heterocycles. The Kier molecular flexibility index (Phi) is 5.76. The highest BCUT2D eigenvalue weighted by Crippen LogP contribution is 2.17. The Hall–Kier alpha value is -2.80. The zero-order valence-electron chi connectivity index (χ0n) is 12.7. The van der Waals surface area contributed by atoms with Gasteiger partial charge in [-0.1, -0.05) is 0 Å². The summed E-state index contributed by atoms with van der Waals surface area (Å²) in [4.78, 5) is 22.7. The van der Waals surface area contributed by atoms with Crippen molar-refractivity contribution in [3.8, 4) is 5.75 Å². The molecule has 0 aliphatic rings. The van der Waals surface area contributed by atoms with Gasteiger partial charge >= 0.3 is 0 Å². The van der Waals surface area contributed by atoms with Gasteiger partial charge in [0.25, 0.3) is 5.91 Å². The molecule has 0 unspecified atom stereocenters. The van der Waals surface area contributed by atoms with Crippen LogP contribution in [0.25, 0.3) is 0 Å². The summed E-state index contributed by atoms with van der Waals surface area (Å²) < 4.78 is 15.6. The van der Waals surface area contributed by atoms with E-state index in [2.05, 4.69) is 5.32 Å². The van der Waals surface area contributed by atoms with E-state index in [9.17, 15) is 9.59 Å². The van der Waals surface area contributed by atoms with Gasteiger partial charge in [-0.2, -0.15) is 0 Å². The number of hydrogen-bond donors (Lipinski definition) is 2. The summed E-state index contributed by atoms with van der Waals surface area (Å²) >= 11 is 0. The van der Waals surface area contributed by atoms with Gasteiger partial charge in [-0.05, 0) is 36.4 Å². The third-order valence-corrected chi connectivity index (χ3v) is 2.90. The first-order valence-electron chi connectivity index (χ1n) is 6.98. The lowest BCUT2D eigenvalue weighted by molar-refractivity contribution is -0.118. The quantitative estimate of drug-likeness (QED) is 0.774. The molecule has 1 heterocycles. The van der Waals surface area contributed by atoms with Gasteiger partial charge in [0.2, 0.25) is 5.91 Å². The Bertz CT molecular complexity index is 663. The highest BCUT2D eigenvalue weighted by Gasteiger charge is 2.11. The van der Waals surface area contributed by atoms with E-state index in [1.807, 2.05) is 0 Å². The minimum absolute atomic E-state index is 0.154. The van der Waals surface area contributed by atoms with Gasteiger partial charge in [-0.25, -0.2) is 0 Å². The molecule has 0 fully saturated rings. The standard InChI is InChI=1S/C16H18N2O5/c1-21-10-13-6-7-14(23-13)16(20)18-11-2-4-12(5-3-11)22-9-8-15(17)19/h2-7H,8-10H2,1H3,(H2,17,19)(H,18,20). The molecule has 0 radical (unpaired) electrons. The van der Waals surface area contributed by atoms with E-state index in [-0.39, 0.29) is 24.7 Å². The first-order valence-corrected chi connectivity index (χ1v) is 6.98. The molecule has 1 aromatic carbocycles. The number of carbonyl (C=O) groups excluding carboxylic acids is 2. The summed E-state index contributed by atoms with van der Waals surface area (Å²) in [5.74, 6) is 0.606. The first kappa shape index (κ1) is 16.6. The lowest BCUT2D eigenvalue weighted by Crippen LogP contribution is -2.14. The van der Waals surface area contributed by atoms with Crippen LogP contribution in [-0.4, -0.2) is 25.5 Å². The van der Waals surface area contributed by atoms with Crippen molar-refractivity contribution in [2.24, 2.45) is 5.73 Å². The molecule has 2 aromatic rings. The zero-order valence-corrected chi connectivity index (χ0v) is 12.7. The molecule has 0 aliphatic carbocycles. The van der Waals surface area contributed by atoms with Crippen molar-refractivity contribution in [3.63, 3.8) is 0 Å². The second-order valence-electron chi connectivity index (χ2n) is 4.74. The van der Waals surface area contributed by atoms with E-state index in [4.69, 9.17) is 19.6 Å². The molecule has 7 heteroatoms. The van der Waals surface area contributed by atoms with Crippen molar-refractivity contribution < 1.29 is 23.5 Å². The third-order valence-electron chi connectivity index (χ3n) is 2.90. The summed E-state index contributed by atoms with van der Waals surface area (Å²) in [7, 11) is 1.55. The van der Waals surface area contributed by atoms with Gasteiger partial charge in [-0.3, -0.25) is 9.59 Å². The third kappa shape index (κ3) is 5.15. The molecule has 0 atom stereocenters. The highest BCUT2D eigenvalue weighted by atomic mass is 16.5. The Morgan fingerprint density at radius 2 is 1.91 bits per heavy atom. The van der Waals surface area contributed by atoms with E-state index < -0.39 is 5.91 Å². The van der Waals surface area contributed by atoms with Crippen LogP contribution in [0.4, 0.5) is 5.69 Å². The number of primary amides is 1. The number of carbonyl (C=O) groups is 2. The maximum atomic E-state index is 12.0. The topological polar surface area (TPSA) is 104 Å². The maximum absolute atomic E-state index is 12.0. The largest absolute Gasteiger partial charge is 0.493 e. The predicted molar refractivity (Wildman–Crippen MR) is 83.1 cm³/mol. The van der Waals surface area contributed by atoms with E-state index >= 15 is 0 Å². The number of anilines is 1. The van der Waals surface area contributed by atoms with Crippen LogP contribution in [0.2, 0.25) is 0 Å². The van der Waals surface area contributed by atoms with Crippen molar-refractivity contribution in [1.82, 2.24) is 0 Å². The van der Waals surface area contributed by atoms with E-state index in [0.717, 1.165) is 0 Å². The Balaban J connectivity index is 1.89. The Morgan fingerprint density at radius 1 is 1.17 bits per heavy atom. The highest BCUT2D eigenvalue weighted by molar-refractivity contribution is 6.02. The van der Waals surface area contributed by atoms with Gasteiger partial charge in [0.05, 0.1) is 13.0 Å². The summed E-state index contributed by atoms with van der Waals surface area (Å²) in [6, 6.07) is 10.0. The number of rotatable bonds is 8. The van der Waals surface area contributed by atoms with Crippen molar-refractivity contribution in [3.05, 3.63) is 47.9 Å². The molecule has 0 aliphatic heterocycles. The van der Waals surface area contributed by atoms with Gasteiger partial charge < -0.3 is 24.9 Å². The van der Waals surface area contributed by atoms with Crippen LogP contribution in [0.3, 0.4) is 0 Å². The van der Waals surface area contributed by atoms with Crippen LogP contribution < -0.4 is 15.8 Å². The van der Waals surface area contributed by atoms with Crippen LogP contribution in [0.15, 0.2) is 40.8 Å². The molecule has 3 N–H and O–H groups in total. The molecule has 0 bridgehead atoms. The fraction of sp³-hybridized carbons (Fsp3) is 0.250. The summed E-state index contributed by atoms with van der Waals surface area (Å²) in [5, 5.41) is 2.71. The summed E-state index contributed by atoms with van der Waals surface area (Å²) in [6.45, 7) is 0.528. The molecular formula is C16H18N2O5. The number of nitrogens with two attached hydrogens (primary N) is 1. The lowest BCUT2D eigenvalue weighted by atomic mass is 10.3. The van der Waals surface area contributed by atoms with Crippen molar-refractivity contribution in [2.45, 2.75) is 13.0 Å². The van der Waals surface area contributed by atoms with Gasteiger partial charge in [0, 0.05) is 12.8 Å². The SMILES string of the molecule is COCc1ccc(C(=O)Nc2ccc(OCCC(N)=O)cc2)o1. The normalized spacial score (nSPS) is 10.3. The molecule has 0 saturated carbocycles. The van der Waals surface area contributed by atoms with Gasteiger partial charge in [-0.15, -0.1) is 0 Å². The Labute approximate surface area is 133 Å². The number of ether oxygens (including phenoxy) is 2. The molecule has 2 amide bonds. The van der Waals surface area contributed by atoms with Crippen LogP contribution in [0.1, 0.15) is 22.7 Å². The predicted octanol–water partition coefficient (Wildman–Crippen LogP) is 1.93. The number of benzene rings is 1. The van der Waals surface area contributed by atoms with Crippen LogP contribution in [0, 0.1) is 0 Å².